The van der Waals surface area contributed by atoms with Gasteiger partial charge in [-0.05, 0) is 59.2 Å². The third-order valence-electron chi connectivity index (χ3n) is 11.0. The van der Waals surface area contributed by atoms with E-state index in [1.54, 1.807) is 0 Å². The van der Waals surface area contributed by atoms with Crippen LogP contribution in [0.5, 0.6) is 0 Å². The molecule has 0 spiro atoms. The SMILES string of the molecule is O=C(NC(CNCCCCNC(=O)C(Cc1ccccc1)NC(=O)OC1c2ccccc2-c2ccccc21)Cc1ccccc1)OC1c2ccccc2-c2ccccc21. The lowest BCUT2D eigenvalue weighted by Gasteiger charge is -2.22. The first-order valence-corrected chi connectivity index (χ1v) is 20.4. The third kappa shape index (κ3) is 9.37. The van der Waals surface area contributed by atoms with Gasteiger partial charge >= 0.3 is 12.2 Å². The zero-order valence-electron chi connectivity index (χ0n) is 32.8. The van der Waals surface area contributed by atoms with Crippen LogP contribution in [0.1, 0.15) is 58.4 Å². The Labute approximate surface area is 345 Å². The van der Waals surface area contributed by atoms with Crippen molar-refractivity contribution in [3.05, 3.63) is 191 Å². The highest BCUT2D eigenvalue weighted by Crippen LogP contribution is 2.46. The van der Waals surface area contributed by atoms with Crippen LogP contribution in [-0.2, 0) is 27.1 Å². The lowest BCUT2D eigenvalue weighted by molar-refractivity contribution is -0.123. The second kappa shape index (κ2) is 18.7. The molecule has 0 fully saturated rings. The lowest BCUT2D eigenvalue weighted by Crippen LogP contribution is -2.48. The molecule has 0 saturated heterocycles. The maximum Gasteiger partial charge on any atom is 0.408 e. The zero-order valence-corrected chi connectivity index (χ0v) is 32.8. The summed E-state index contributed by atoms with van der Waals surface area (Å²) in [5, 5.41) is 12.5. The molecule has 298 valence electrons. The van der Waals surface area contributed by atoms with Crippen molar-refractivity contribution >= 4 is 18.1 Å². The van der Waals surface area contributed by atoms with Gasteiger partial charge in [-0.2, -0.15) is 0 Å². The van der Waals surface area contributed by atoms with Gasteiger partial charge in [0, 0.05) is 47.8 Å². The summed E-state index contributed by atoms with van der Waals surface area (Å²) in [6, 6.07) is 50.6. The molecule has 0 heterocycles. The molecule has 6 aromatic rings. The van der Waals surface area contributed by atoms with Gasteiger partial charge in [-0.25, -0.2) is 9.59 Å². The van der Waals surface area contributed by atoms with Gasteiger partial charge in [-0.1, -0.05) is 158 Å². The Kier molecular flexibility index (Phi) is 12.4. The number of rotatable bonds is 16. The number of carbonyl (C=O) groups excluding carboxylic acids is 3. The first-order chi connectivity index (χ1) is 29.0. The molecule has 2 unspecified atom stereocenters. The van der Waals surface area contributed by atoms with Crippen LogP contribution in [0, 0.1) is 0 Å². The van der Waals surface area contributed by atoms with Gasteiger partial charge in [-0.3, -0.25) is 4.79 Å². The van der Waals surface area contributed by atoms with Crippen LogP contribution in [0.3, 0.4) is 0 Å². The fraction of sp³-hybridized carbons (Fsp3) is 0.220. The normalized spacial score (nSPS) is 13.6. The van der Waals surface area contributed by atoms with Gasteiger partial charge in [0.25, 0.3) is 0 Å². The predicted octanol–water partition coefficient (Wildman–Crippen LogP) is 8.69. The Morgan fingerprint density at radius 1 is 0.475 bits per heavy atom. The molecular weight excluding hydrogens is 737 g/mol. The van der Waals surface area contributed by atoms with Gasteiger partial charge in [0.2, 0.25) is 5.91 Å². The molecule has 0 aliphatic heterocycles. The van der Waals surface area contributed by atoms with Crippen molar-refractivity contribution in [3.63, 3.8) is 0 Å². The van der Waals surface area contributed by atoms with E-state index in [0.29, 0.717) is 32.5 Å². The fourth-order valence-corrected chi connectivity index (χ4v) is 8.18. The first-order valence-electron chi connectivity index (χ1n) is 20.4. The van der Waals surface area contributed by atoms with E-state index in [1.165, 1.54) is 0 Å². The maximum atomic E-state index is 13.6. The predicted molar refractivity (Wildman–Crippen MR) is 230 cm³/mol. The number of alkyl carbamates (subject to hydrolysis) is 2. The first kappa shape index (κ1) is 39.1. The number of ether oxygens (including phenoxy) is 2. The number of hydrogen-bond acceptors (Lipinski definition) is 6. The van der Waals surface area contributed by atoms with Crippen molar-refractivity contribution in [1.29, 1.82) is 0 Å². The van der Waals surface area contributed by atoms with E-state index in [1.807, 2.05) is 133 Å². The monoisotopic (exact) mass is 784 g/mol. The maximum absolute atomic E-state index is 13.6. The van der Waals surface area contributed by atoms with Crippen LogP contribution in [0.4, 0.5) is 9.59 Å². The van der Waals surface area contributed by atoms with Crippen molar-refractivity contribution in [2.75, 3.05) is 19.6 Å². The molecule has 2 aliphatic carbocycles. The lowest BCUT2D eigenvalue weighted by atomic mass is 10.1. The summed E-state index contributed by atoms with van der Waals surface area (Å²) in [6.45, 7) is 1.66. The summed E-state index contributed by atoms with van der Waals surface area (Å²) < 4.78 is 12.1. The van der Waals surface area contributed by atoms with Crippen molar-refractivity contribution < 1.29 is 23.9 Å². The quantitative estimate of drug-likeness (QED) is 0.0730. The largest absolute Gasteiger partial charge is 0.436 e. The Bertz CT molecular complexity index is 2300. The second-order valence-corrected chi connectivity index (χ2v) is 15.0. The standard InChI is InChI=1S/C50H48N4O5/c55-48(45(32-35-19-5-2-6-20-35)54-50(57)59-47-43-27-13-9-23-39(43)40-24-10-14-28-44(40)47)52-30-16-15-29-51-33-36(31-34-17-3-1-4-18-34)53-49(56)58-46-41-25-11-7-21-37(41)38-22-8-12-26-42(38)46/h1-14,17-28,36,45-47,51H,15-16,29-33H2,(H,52,55)(H,53,56)(H,54,57). The minimum absolute atomic E-state index is 0.215. The Hall–Kier alpha value is -6.71. The Morgan fingerprint density at radius 2 is 0.881 bits per heavy atom. The highest BCUT2D eigenvalue weighted by atomic mass is 16.6. The number of carbonyl (C=O) groups is 3. The molecular formula is C50H48N4O5. The van der Waals surface area contributed by atoms with Crippen LogP contribution in [-0.4, -0.2) is 49.8 Å². The van der Waals surface area contributed by atoms with E-state index in [9.17, 15) is 14.4 Å². The van der Waals surface area contributed by atoms with Crippen LogP contribution in [0.15, 0.2) is 158 Å². The number of unbranched alkanes of at least 4 members (excludes halogenated alkanes) is 1. The van der Waals surface area contributed by atoms with Crippen molar-refractivity contribution in [2.24, 2.45) is 0 Å². The molecule has 2 atom stereocenters. The molecule has 9 nitrogen and oxygen atoms in total. The second-order valence-electron chi connectivity index (χ2n) is 15.0. The Balaban J connectivity index is 0.826. The third-order valence-corrected chi connectivity index (χ3v) is 11.0. The number of fused-ring (bicyclic) bond motifs is 6. The van der Waals surface area contributed by atoms with Crippen molar-refractivity contribution in [1.82, 2.24) is 21.3 Å². The van der Waals surface area contributed by atoms with Gasteiger partial charge in [-0.15, -0.1) is 0 Å². The molecule has 3 amide bonds. The van der Waals surface area contributed by atoms with E-state index in [-0.39, 0.29) is 11.9 Å². The van der Waals surface area contributed by atoms with E-state index < -0.39 is 30.4 Å². The van der Waals surface area contributed by atoms with Crippen molar-refractivity contribution in [3.8, 4) is 22.3 Å². The molecule has 2 aliphatic rings. The van der Waals surface area contributed by atoms with Crippen LogP contribution < -0.4 is 21.3 Å². The molecule has 0 bridgehead atoms. The Morgan fingerprint density at radius 3 is 1.37 bits per heavy atom. The summed E-state index contributed by atoms with van der Waals surface area (Å²) in [7, 11) is 0. The fourth-order valence-electron chi connectivity index (χ4n) is 8.18. The van der Waals surface area contributed by atoms with E-state index in [2.05, 4.69) is 45.5 Å². The highest BCUT2D eigenvalue weighted by Gasteiger charge is 2.33. The molecule has 0 radical (unpaired) electrons. The van der Waals surface area contributed by atoms with Gasteiger partial charge in [0.15, 0.2) is 12.2 Å². The molecule has 0 aromatic heterocycles. The molecule has 9 heteroatoms. The summed E-state index contributed by atoms with van der Waals surface area (Å²) in [6.07, 6.45) is 0.306. The zero-order chi connectivity index (χ0) is 40.4. The van der Waals surface area contributed by atoms with Crippen molar-refractivity contribution in [2.45, 2.75) is 50.0 Å². The topological polar surface area (TPSA) is 118 Å². The summed E-state index contributed by atoms with van der Waals surface area (Å²) in [4.78, 5) is 40.5. The average Bonchev–Trinajstić information content (AvgIpc) is 3.75. The smallest absolute Gasteiger partial charge is 0.408 e. The minimum Gasteiger partial charge on any atom is -0.436 e. The molecule has 6 aromatic carbocycles. The molecule has 4 N–H and O–H groups in total. The summed E-state index contributed by atoms with van der Waals surface area (Å²) >= 11 is 0. The summed E-state index contributed by atoms with van der Waals surface area (Å²) in [5.74, 6) is -0.274. The van der Waals surface area contributed by atoms with Crippen LogP contribution in [0.2, 0.25) is 0 Å². The number of nitrogens with one attached hydrogen (secondary N) is 4. The van der Waals surface area contributed by atoms with Gasteiger partial charge in [0.05, 0.1) is 0 Å². The number of benzene rings is 6. The van der Waals surface area contributed by atoms with Gasteiger partial charge in [0.1, 0.15) is 6.04 Å². The highest BCUT2D eigenvalue weighted by molar-refractivity contribution is 5.86. The van der Waals surface area contributed by atoms with E-state index >= 15 is 0 Å². The number of amides is 3. The van der Waals surface area contributed by atoms with E-state index in [4.69, 9.17) is 9.47 Å². The average molecular weight is 785 g/mol. The van der Waals surface area contributed by atoms with Crippen LogP contribution >= 0.6 is 0 Å². The van der Waals surface area contributed by atoms with Crippen LogP contribution in [0.25, 0.3) is 22.3 Å². The number of hydrogen-bond donors (Lipinski definition) is 4. The minimum atomic E-state index is -0.828. The van der Waals surface area contributed by atoms with E-state index in [0.717, 1.165) is 68.5 Å². The molecule has 59 heavy (non-hydrogen) atoms. The molecule has 0 saturated carbocycles. The molecule has 8 rings (SSSR count). The van der Waals surface area contributed by atoms with Gasteiger partial charge < -0.3 is 30.7 Å². The summed E-state index contributed by atoms with van der Waals surface area (Å²) in [5.41, 5.74) is 10.1.